The Morgan fingerprint density at radius 3 is 0.430 bits per heavy atom. The highest BCUT2D eigenvalue weighted by Crippen LogP contribution is 2.42. The van der Waals surface area contributed by atoms with E-state index in [0.717, 1.165) is 128 Å². The molecule has 12 heteroatoms. The van der Waals surface area contributed by atoms with Crippen LogP contribution in [0.1, 0.15) is 563 Å². The van der Waals surface area contributed by atoms with Gasteiger partial charge < -0.3 is 28.4 Å². The first-order valence-corrected chi connectivity index (χ1v) is 42.9. The van der Waals surface area contributed by atoms with Gasteiger partial charge in [-0.3, -0.25) is 28.8 Å². The van der Waals surface area contributed by atoms with Crippen LogP contribution in [-0.4, -0.2) is 69.4 Å². The summed E-state index contributed by atoms with van der Waals surface area (Å²) >= 11 is 0. The normalized spacial score (nSPS) is 18.9. The van der Waals surface area contributed by atoms with E-state index >= 15 is 0 Å². The van der Waals surface area contributed by atoms with Gasteiger partial charge in [0.15, 0.2) is 0 Å². The fourth-order valence-electron chi connectivity index (χ4n) is 13.8. The molecule has 696 valence electrons. The maximum Gasteiger partial charge on any atom is 0.312 e. The molecule has 0 saturated heterocycles. The Hall–Kier alpha value is -3.18. The van der Waals surface area contributed by atoms with Crippen molar-refractivity contribution in [2.45, 2.75) is 597 Å². The number of rotatable bonds is 20. The monoisotopic (exact) mass is 1630 g/mol. The van der Waals surface area contributed by atoms with Gasteiger partial charge in [0.05, 0.1) is 32.5 Å². The van der Waals surface area contributed by atoms with E-state index in [4.69, 9.17) is 28.4 Å². The van der Waals surface area contributed by atoms with Crippen LogP contribution < -0.4 is 0 Å². The van der Waals surface area contributed by atoms with Crippen LogP contribution in [0.4, 0.5) is 0 Å². The molecule has 0 aliphatic heterocycles. The zero-order valence-corrected chi connectivity index (χ0v) is 71.8. The van der Waals surface area contributed by atoms with Crippen LogP contribution in [0, 0.1) is 32.5 Å². The molecular weight excluding hydrogens is 1420 g/mol. The van der Waals surface area contributed by atoms with Crippen molar-refractivity contribution in [2.24, 2.45) is 32.5 Å². The lowest BCUT2D eigenvalue weighted by molar-refractivity contribution is -0.173. The number of ether oxygens (including phenoxy) is 6. The van der Waals surface area contributed by atoms with Crippen LogP contribution in [-0.2, 0) is 57.2 Å². The molecule has 6 fully saturated rings. The summed E-state index contributed by atoms with van der Waals surface area (Å²) in [4.78, 5) is 72.8. The average Bonchev–Trinajstić information content (AvgIpc) is 1.80. The van der Waals surface area contributed by atoms with Crippen LogP contribution in [0.3, 0.4) is 0 Å². The molecular formula is C102H216O12. The quantitative estimate of drug-likeness (QED) is 0.0646. The molecule has 0 spiro atoms. The Bertz CT molecular complexity index is 2320. The maximum absolute atomic E-state index is 12.4. The summed E-state index contributed by atoms with van der Waals surface area (Å²) in [6.45, 7) is 48.7. The lowest BCUT2D eigenvalue weighted by Gasteiger charge is -2.35. The van der Waals surface area contributed by atoms with Crippen molar-refractivity contribution in [1.29, 1.82) is 0 Å². The van der Waals surface area contributed by atoms with Gasteiger partial charge in [-0.25, -0.2) is 0 Å². The van der Waals surface area contributed by atoms with Crippen LogP contribution in [0.25, 0.3) is 0 Å². The summed E-state index contributed by atoms with van der Waals surface area (Å²) in [6.07, 6.45) is 54.8. The molecule has 0 N–H and O–H groups in total. The number of carbonyl (C=O) groups excluding carboxylic acids is 6. The van der Waals surface area contributed by atoms with E-state index in [-0.39, 0.29) is 191 Å². The summed E-state index contributed by atoms with van der Waals surface area (Å²) in [5.41, 5.74) is -3.21. The van der Waals surface area contributed by atoms with Crippen molar-refractivity contribution in [2.75, 3.05) is 0 Å². The van der Waals surface area contributed by atoms with Gasteiger partial charge in [-0.05, 0) is 316 Å². The molecule has 0 aromatic rings. The van der Waals surface area contributed by atoms with Gasteiger partial charge in [-0.2, -0.15) is 0 Å². The molecule has 0 heterocycles. The third-order valence-corrected chi connectivity index (χ3v) is 25.6. The molecule has 12 nitrogen and oxygen atoms in total. The Morgan fingerprint density at radius 2 is 0.298 bits per heavy atom. The van der Waals surface area contributed by atoms with E-state index in [2.05, 4.69) is 55.4 Å². The lowest BCUT2D eigenvalue weighted by atomic mass is 9.87. The van der Waals surface area contributed by atoms with Crippen molar-refractivity contribution >= 4 is 35.8 Å². The number of carbonyl (C=O) groups is 6. The van der Waals surface area contributed by atoms with E-state index in [1.165, 1.54) is 180 Å². The van der Waals surface area contributed by atoms with E-state index in [9.17, 15) is 28.8 Å². The second-order valence-corrected chi connectivity index (χ2v) is 37.5. The van der Waals surface area contributed by atoms with E-state index in [0.29, 0.717) is 0 Å². The highest BCUT2D eigenvalue weighted by Gasteiger charge is 2.43. The predicted molar refractivity (Wildman–Crippen MR) is 506 cm³/mol. The molecule has 0 radical (unpaired) electrons. The zero-order chi connectivity index (χ0) is 77.6. The molecule has 6 saturated carbocycles. The molecule has 6 rings (SSSR count). The van der Waals surface area contributed by atoms with Crippen molar-refractivity contribution < 1.29 is 57.2 Å². The second kappa shape index (κ2) is 65.6. The van der Waals surface area contributed by atoms with Crippen LogP contribution in [0.15, 0.2) is 0 Å². The first-order valence-electron chi connectivity index (χ1n) is 42.9. The highest BCUT2D eigenvalue weighted by molar-refractivity contribution is 5.78. The minimum absolute atomic E-state index is 0. The topological polar surface area (TPSA) is 158 Å². The van der Waals surface area contributed by atoms with Crippen LogP contribution >= 0.6 is 0 Å². The van der Waals surface area contributed by atoms with Gasteiger partial charge in [-0.15, -0.1) is 0 Å². The zero-order valence-electron chi connectivity index (χ0n) is 71.8. The van der Waals surface area contributed by atoms with Crippen molar-refractivity contribution in [3.05, 3.63) is 0 Å². The fourth-order valence-corrected chi connectivity index (χ4v) is 13.8. The standard InChI is InChI=1S/C19H36O2.C17H32O2.C15H28O2.C14H26O2.C13H24O2.C12H22O2.12CH4/c1-5-18(2,3)17(20)21-19(4)15-13-11-9-7-6-8-10-12-14-16-19;1-5-16(2,3)15(18)19-17(4)13-11-9-7-6-8-10-12-14-17;1-5-14(3,4)13(16)17-15(6-2)11-9-7-8-10-12-15;1-5-13(2,3)12(15)16-14(4)10-8-6-7-9-11-14;1-5-12(3,4)11(14)15-13(6-2)9-7-8-10-13;1-5-11(2,3)10(13)14-12(4)8-6-7-9-12;;;;;;;;;;;;/h5-16H2,1-4H3;5-14H2,1-4H3;5-12H2,1-4H3;5-11H2,1-4H3;5-10H2,1-4H3;5-9H2,1-4H3;12*1H4. The molecule has 114 heavy (non-hydrogen) atoms. The van der Waals surface area contributed by atoms with E-state index in [1.54, 1.807) is 0 Å². The van der Waals surface area contributed by atoms with Crippen molar-refractivity contribution in [1.82, 2.24) is 0 Å². The minimum atomic E-state index is -0.354. The Balaban J connectivity index is -0.000000108. The number of hydrogen-bond acceptors (Lipinski definition) is 12. The second-order valence-electron chi connectivity index (χ2n) is 37.5. The Labute approximate surface area is 718 Å². The van der Waals surface area contributed by atoms with Gasteiger partial charge >= 0.3 is 35.8 Å². The Morgan fingerprint density at radius 1 is 0.193 bits per heavy atom. The van der Waals surface area contributed by atoms with Gasteiger partial charge in [0, 0.05) is 0 Å². The molecule has 0 bridgehead atoms. The predicted octanol–water partition coefficient (Wildman–Crippen LogP) is 34.4. The van der Waals surface area contributed by atoms with E-state index < -0.39 is 0 Å². The van der Waals surface area contributed by atoms with Gasteiger partial charge in [0.1, 0.15) is 33.6 Å². The summed E-state index contributed by atoms with van der Waals surface area (Å²) in [5, 5.41) is 0. The smallest absolute Gasteiger partial charge is 0.312 e. The average molecular weight is 1630 g/mol. The van der Waals surface area contributed by atoms with Crippen LogP contribution in [0.2, 0.25) is 0 Å². The molecule has 6 aliphatic rings. The highest BCUT2D eigenvalue weighted by atomic mass is 16.6. The molecule has 0 aromatic carbocycles. The summed E-state index contributed by atoms with van der Waals surface area (Å²) in [7, 11) is 0. The van der Waals surface area contributed by atoms with Gasteiger partial charge in [0.25, 0.3) is 0 Å². The summed E-state index contributed by atoms with van der Waals surface area (Å²) in [6, 6.07) is 0. The third kappa shape index (κ3) is 51.4. The molecule has 6 aliphatic carbocycles. The fraction of sp³-hybridized carbons (Fsp3) is 0.941. The molecule has 0 amide bonds. The SMILES string of the molecule is C.C.C.C.C.C.C.C.C.C.C.C.CCC(C)(C)C(=O)OC1(C)CCCC1.CCC(C)(C)C(=O)OC1(C)CCCCCC1.CCC(C)(C)C(=O)OC1(C)CCCCCCCCC1.CCC(C)(C)C(=O)OC1(C)CCCCCCCCCCC1.CCC1(OC(=O)C(C)(C)CC)CCCC1.CCC1(OC(=O)C(C)(C)CC)CCCCCC1. The van der Waals surface area contributed by atoms with Crippen molar-refractivity contribution in [3.63, 3.8) is 0 Å². The largest absolute Gasteiger partial charge is 0.459 e. The summed E-state index contributed by atoms with van der Waals surface area (Å²) in [5.74, 6) is -0.129. The summed E-state index contributed by atoms with van der Waals surface area (Å²) < 4.78 is 35.0. The number of hydrogen-bond donors (Lipinski definition) is 0. The Kier molecular flexibility index (Phi) is 78.7. The maximum atomic E-state index is 12.4. The number of esters is 6. The first-order chi connectivity index (χ1) is 47.5. The molecule has 0 unspecified atom stereocenters. The molecule has 0 aromatic heterocycles. The van der Waals surface area contributed by atoms with Crippen molar-refractivity contribution in [3.8, 4) is 0 Å². The van der Waals surface area contributed by atoms with E-state index in [1.807, 2.05) is 111 Å². The lowest BCUT2D eigenvalue weighted by Crippen LogP contribution is -2.39. The first kappa shape index (κ1) is 137. The third-order valence-electron chi connectivity index (χ3n) is 25.6. The van der Waals surface area contributed by atoms with Gasteiger partial charge in [0.2, 0.25) is 0 Å². The molecule has 0 atom stereocenters. The van der Waals surface area contributed by atoms with Gasteiger partial charge in [-0.1, -0.05) is 247 Å². The minimum Gasteiger partial charge on any atom is -0.459 e. The van der Waals surface area contributed by atoms with Crippen LogP contribution in [0.5, 0.6) is 0 Å².